The summed E-state index contributed by atoms with van der Waals surface area (Å²) in [6.45, 7) is 6.25. The van der Waals surface area contributed by atoms with Crippen LogP contribution in [0.4, 0.5) is 5.69 Å². The molecule has 25 heavy (non-hydrogen) atoms. The number of hydrogen-bond donors (Lipinski definition) is 1. The number of aryl methyl sites for hydroxylation is 3. The Hall–Kier alpha value is -2.34. The second kappa shape index (κ2) is 7.70. The summed E-state index contributed by atoms with van der Waals surface area (Å²) in [6.07, 6.45) is 1.17. The lowest BCUT2D eigenvalue weighted by molar-refractivity contribution is 0.0954. The van der Waals surface area contributed by atoms with E-state index in [1.807, 2.05) is 45.0 Å². The molecular weight excluding hydrogens is 336 g/mol. The molecule has 0 saturated heterocycles. The maximum absolute atomic E-state index is 12.2. The maximum Gasteiger partial charge on any atom is 0.251 e. The molecule has 0 heterocycles. The summed E-state index contributed by atoms with van der Waals surface area (Å²) in [4.78, 5) is 12.2. The first kappa shape index (κ1) is 19.0. The molecule has 1 N–H and O–H groups in total. The van der Waals surface area contributed by atoms with Crippen molar-refractivity contribution in [1.82, 2.24) is 5.32 Å². The van der Waals surface area contributed by atoms with Gasteiger partial charge in [0.2, 0.25) is 10.0 Å². The molecular formula is C19H24N2O3S. The fourth-order valence-electron chi connectivity index (χ4n) is 2.53. The van der Waals surface area contributed by atoms with E-state index < -0.39 is 10.0 Å². The molecule has 6 heteroatoms. The summed E-state index contributed by atoms with van der Waals surface area (Å²) in [6, 6.07) is 12.8. The van der Waals surface area contributed by atoms with Crippen molar-refractivity contribution in [3.63, 3.8) is 0 Å². The first-order valence-electron chi connectivity index (χ1n) is 8.08. The van der Waals surface area contributed by atoms with Crippen LogP contribution in [0.2, 0.25) is 0 Å². The first-order chi connectivity index (χ1) is 11.7. The van der Waals surface area contributed by atoms with E-state index in [1.54, 1.807) is 18.2 Å². The lowest BCUT2D eigenvalue weighted by atomic mass is 10.1. The molecule has 2 rings (SSSR count). The van der Waals surface area contributed by atoms with Crippen LogP contribution in [0.1, 0.15) is 27.0 Å². The van der Waals surface area contributed by atoms with Gasteiger partial charge in [0.05, 0.1) is 18.5 Å². The van der Waals surface area contributed by atoms with Gasteiger partial charge in [-0.1, -0.05) is 23.8 Å². The van der Waals surface area contributed by atoms with Crippen LogP contribution < -0.4 is 9.62 Å². The molecule has 0 aliphatic rings. The van der Waals surface area contributed by atoms with Crippen molar-refractivity contribution in [2.75, 3.05) is 23.7 Å². The van der Waals surface area contributed by atoms with Gasteiger partial charge in [-0.15, -0.1) is 0 Å². The zero-order chi connectivity index (χ0) is 18.6. The van der Waals surface area contributed by atoms with Gasteiger partial charge >= 0.3 is 0 Å². The predicted molar refractivity (Wildman–Crippen MR) is 102 cm³/mol. The summed E-state index contributed by atoms with van der Waals surface area (Å²) in [5.74, 6) is -0.211. The van der Waals surface area contributed by atoms with Gasteiger partial charge in [-0.05, 0) is 56.2 Å². The topological polar surface area (TPSA) is 66.5 Å². The van der Waals surface area contributed by atoms with Crippen LogP contribution in [0.25, 0.3) is 0 Å². The molecule has 2 aromatic carbocycles. The second-order valence-electron chi connectivity index (χ2n) is 6.23. The number of nitrogens with zero attached hydrogens (tertiary/aromatic N) is 1. The van der Waals surface area contributed by atoms with Crippen molar-refractivity contribution in [2.24, 2.45) is 0 Å². The van der Waals surface area contributed by atoms with Gasteiger partial charge in [-0.25, -0.2) is 8.42 Å². The Kier molecular flexibility index (Phi) is 5.85. The molecule has 0 aliphatic heterocycles. The molecule has 0 aromatic heterocycles. The number of nitrogens with one attached hydrogen (secondary N) is 1. The molecule has 0 aliphatic carbocycles. The highest BCUT2D eigenvalue weighted by Crippen LogP contribution is 2.20. The first-order valence-corrected chi connectivity index (χ1v) is 9.93. The van der Waals surface area contributed by atoms with Gasteiger partial charge in [-0.2, -0.15) is 0 Å². The van der Waals surface area contributed by atoms with Crippen LogP contribution in [0.3, 0.4) is 0 Å². The summed E-state index contributed by atoms with van der Waals surface area (Å²) in [5.41, 5.74) is 4.30. The van der Waals surface area contributed by atoms with Crippen molar-refractivity contribution >= 4 is 21.6 Å². The third kappa shape index (κ3) is 5.06. The monoisotopic (exact) mass is 360 g/mol. The van der Waals surface area contributed by atoms with E-state index in [-0.39, 0.29) is 19.0 Å². The van der Waals surface area contributed by atoms with E-state index in [2.05, 4.69) is 5.32 Å². The van der Waals surface area contributed by atoms with Gasteiger partial charge < -0.3 is 5.32 Å². The summed E-state index contributed by atoms with van der Waals surface area (Å²) in [5, 5.41) is 2.78. The minimum Gasteiger partial charge on any atom is -0.350 e. The summed E-state index contributed by atoms with van der Waals surface area (Å²) >= 11 is 0. The van der Waals surface area contributed by atoms with Gasteiger partial charge in [0.15, 0.2) is 0 Å². The Morgan fingerprint density at radius 3 is 2.36 bits per heavy atom. The molecule has 2 aromatic rings. The van der Waals surface area contributed by atoms with Gasteiger partial charge in [0.25, 0.3) is 5.91 Å². The standard InChI is InChI=1S/C19H24N2O3S/c1-14-6-5-7-17(12-14)19(22)20-10-11-21(25(4,23)24)18-9-8-15(2)16(3)13-18/h5-9,12-13H,10-11H2,1-4H3,(H,20,22). The number of hydrogen-bond acceptors (Lipinski definition) is 3. The van der Waals surface area contributed by atoms with E-state index in [9.17, 15) is 13.2 Å². The largest absolute Gasteiger partial charge is 0.350 e. The highest BCUT2D eigenvalue weighted by molar-refractivity contribution is 7.92. The molecule has 0 radical (unpaired) electrons. The molecule has 5 nitrogen and oxygen atoms in total. The molecule has 1 amide bonds. The van der Waals surface area contributed by atoms with Crippen LogP contribution >= 0.6 is 0 Å². The van der Waals surface area contributed by atoms with Crippen molar-refractivity contribution in [1.29, 1.82) is 0 Å². The van der Waals surface area contributed by atoms with Crippen LogP contribution in [0.5, 0.6) is 0 Å². The van der Waals surface area contributed by atoms with Crippen molar-refractivity contribution in [3.8, 4) is 0 Å². The van der Waals surface area contributed by atoms with E-state index in [0.29, 0.717) is 11.3 Å². The lowest BCUT2D eigenvalue weighted by Gasteiger charge is -2.23. The third-order valence-electron chi connectivity index (χ3n) is 4.06. The summed E-state index contributed by atoms with van der Waals surface area (Å²) < 4.78 is 25.6. The normalized spacial score (nSPS) is 11.2. The SMILES string of the molecule is Cc1cccc(C(=O)NCCN(c2ccc(C)c(C)c2)S(C)(=O)=O)c1. The Balaban J connectivity index is 2.08. The fraction of sp³-hybridized carbons (Fsp3) is 0.316. The summed E-state index contributed by atoms with van der Waals surface area (Å²) in [7, 11) is -3.43. The molecule has 0 saturated carbocycles. The zero-order valence-corrected chi connectivity index (χ0v) is 15.9. The molecule has 0 bridgehead atoms. The van der Waals surface area contributed by atoms with Crippen LogP contribution in [0.15, 0.2) is 42.5 Å². The number of anilines is 1. The van der Waals surface area contributed by atoms with Crippen LogP contribution in [-0.2, 0) is 10.0 Å². The van der Waals surface area contributed by atoms with Crippen LogP contribution in [0, 0.1) is 20.8 Å². The van der Waals surface area contributed by atoms with E-state index in [4.69, 9.17) is 0 Å². The number of carbonyl (C=O) groups is 1. The Morgan fingerprint density at radius 1 is 1.04 bits per heavy atom. The smallest absolute Gasteiger partial charge is 0.251 e. The fourth-order valence-corrected chi connectivity index (χ4v) is 3.45. The Bertz CT molecular complexity index is 876. The van der Waals surface area contributed by atoms with Crippen molar-refractivity contribution in [2.45, 2.75) is 20.8 Å². The van der Waals surface area contributed by atoms with Crippen molar-refractivity contribution in [3.05, 3.63) is 64.7 Å². The van der Waals surface area contributed by atoms with E-state index in [1.165, 1.54) is 10.6 Å². The Morgan fingerprint density at radius 2 is 1.76 bits per heavy atom. The minimum absolute atomic E-state index is 0.179. The minimum atomic E-state index is -3.43. The average Bonchev–Trinajstić information content (AvgIpc) is 2.53. The van der Waals surface area contributed by atoms with E-state index >= 15 is 0 Å². The van der Waals surface area contributed by atoms with Gasteiger partial charge in [0.1, 0.15) is 0 Å². The van der Waals surface area contributed by atoms with Gasteiger partial charge in [-0.3, -0.25) is 9.10 Å². The number of amides is 1. The van der Waals surface area contributed by atoms with E-state index in [0.717, 1.165) is 16.7 Å². The second-order valence-corrected chi connectivity index (χ2v) is 8.14. The molecule has 0 unspecified atom stereocenters. The highest BCUT2D eigenvalue weighted by Gasteiger charge is 2.18. The lowest BCUT2D eigenvalue weighted by Crippen LogP contribution is -2.38. The van der Waals surface area contributed by atoms with Gasteiger partial charge in [0, 0.05) is 12.1 Å². The third-order valence-corrected chi connectivity index (χ3v) is 5.25. The number of rotatable bonds is 6. The molecule has 0 fully saturated rings. The highest BCUT2D eigenvalue weighted by atomic mass is 32.2. The number of carbonyl (C=O) groups excluding carboxylic acids is 1. The quantitative estimate of drug-likeness (QED) is 0.861. The molecule has 0 spiro atoms. The zero-order valence-electron chi connectivity index (χ0n) is 15.0. The average molecular weight is 360 g/mol. The maximum atomic E-state index is 12.2. The molecule has 0 atom stereocenters. The van der Waals surface area contributed by atoms with Crippen molar-refractivity contribution < 1.29 is 13.2 Å². The number of benzene rings is 2. The predicted octanol–water partition coefficient (Wildman–Crippen LogP) is 2.81. The molecule has 134 valence electrons. The Labute approximate surface area is 149 Å². The number of sulfonamides is 1. The van der Waals surface area contributed by atoms with Crippen LogP contribution in [-0.4, -0.2) is 33.7 Å².